The minimum atomic E-state index is -0.692. The zero-order chi connectivity index (χ0) is 13.1. The van der Waals surface area contributed by atoms with Gasteiger partial charge in [-0.05, 0) is 47.7 Å². The van der Waals surface area contributed by atoms with E-state index < -0.39 is 5.97 Å². The average Bonchev–Trinajstić information content (AvgIpc) is 2.82. The highest BCUT2D eigenvalue weighted by Crippen LogP contribution is 2.20. The SMILES string of the molecule is CCOC(=O)c1nc(-c2ccc(I)c(F)c2)no1. The molecule has 0 fully saturated rings. The second-order valence-electron chi connectivity index (χ2n) is 3.27. The van der Waals surface area contributed by atoms with Crippen molar-refractivity contribution in [2.75, 3.05) is 6.61 Å². The quantitative estimate of drug-likeness (QED) is 0.621. The molecule has 0 aliphatic heterocycles. The number of hydrogen-bond donors (Lipinski definition) is 0. The van der Waals surface area contributed by atoms with E-state index in [1.165, 1.54) is 6.07 Å². The molecule has 0 saturated heterocycles. The van der Waals surface area contributed by atoms with E-state index in [4.69, 9.17) is 9.26 Å². The number of aromatic nitrogens is 2. The summed E-state index contributed by atoms with van der Waals surface area (Å²) in [5.74, 6) is -1.17. The summed E-state index contributed by atoms with van der Waals surface area (Å²) < 4.78 is 23.3. The lowest BCUT2D eigenvalue weighted by Crippen LogP contribution is -2.04. The van der Waals surface area contributed by atoms with E-state index in [0.717, 1.165) is 0 Å². The zero-order valence-corrected chi connectivity index (χ0v) is 11.5. The topological polar surface area (TPSA) is 65.2 Å². The van der Waals surface area contributed by atoms with Crippen LogP contribution in [0.25, 0.3) is 11.4 Å². The van der Waals surface area contributed by atoms with Crippen LogP contribution in [0.1, 0.15) is 17.6 Å². The Kier molecular flexibility index (Phi) is 3.90. The molecule has 2 aromatic rings. The van der Waals surface area contributed by atoms with Crippen LogP contribution in [-0.4, -0.2) is 22.7 Å². The Bertz CT molecular complexity index is 585. The Balaban J connectivity index is 2.29. The Hall–Kier alpha value is -1.51. The molecule has 0 radical (unpaired) electrons. The molecular formula is C11H8FIN2O3. The van der Waals surface area contributed by atoms with E-state index in [9.17, 15) is 9.18 Å². The van der Waals surface area contributed by atoms with Crippen LogP contribution in [0.4, 0.5) is 4.39 Å². The van der Waals surface area contributed by atoms with Crippen molar-refractivity contribution in [3.63, 3.8) is 0 Å². The smallest absolute Gasteiger partial charge is 0.397 e. The van der Waals surface area contributed by atoms with E-state index in [0.29, 0.717) is 9.13 Å². The number of hydrogen-bond acceptors (Lipinski definition) is 5. The van der Waals surface area contributed by atoms with E-state index in [-0.39, 0.29) is 24.1 Å². The van der Waals surface area contributed by atoms with Crippen LogP contribution >= 0.6 is 22.6 Å². The molecule has 0 saturated carbocycles. The van der Waals surface area contributed by atoms with E-state index in [1.807, 2.05) is 22.6 Å². The van der Waals surface area contributed by atoms with Gasteiger partial charge in [0.1, 0.15) is 5.82 Å². The summed E-state index contributed by atoms with van der Waals surface area (Å²) in [7, 11) is 0. The van der Waals surface area contributed by atoms with Crippen molar-refractivity contribution in [2.45, 2.75) is 6.92 Å². The summed E-state index contributed by atoms with van der Waals surface area (Å²) >= 11 is 1.87. The summed E-state index contributed by atoms with van der Waals surface area (Å²) in [6, 6.07) is 4.51. The first kappa shape index (κ1) is 12.9. The molecule has 1 heterocycles. The minimum Gasteiger partial charge on any atom is -0.459 e. The van der Waals surface area contributed by atoms with Gasteiger partial charge < -0.3 is 9.26 Å². The second kappa shape index (κ2) is 5.42. The van der Waals surface area contributed by atoms with Crippen molar-refractivity contribution < 1.29 is 18.4 Å². The third kappa shape index (κ3) is 2.66. The van der Waals surface area contributed by atoms with Gasteiger partial charge in [0.15, 0.2) is 0 Å². The Morgan fingerprint density at radius 2 is 2.33 bits per heavy atom. The van der Waals surface area contributed by atoms with Crippen LogP contribution in [0, 0.1) is 9.39 Å². The molecule has 0 bridgehead atoms. The molecule has 18 heavy (non-hydrogen) atoms. The number of halogens is 2. The largest absolute Gasteiger partial charge is 0.459 e. The van der Waals surface area contributed by atoms with Gasteiger partial charge in [0.05, 0.1) is 6.61 Å². The normalized spacial score (nSPS) is 10.4. The lowest BCUT2D eigenvalue weighted by atomic mass is 10.2. The number of ether oxygens (including phenoxy) is 1. The third-order valence-corrected chi connectivity index (χ3v) is 2.93. The fourth-order valence-electron chi connectivity index (χ4n) is 1.25. The van der Waals surface area contributed by atoms with Gasteiger partial charge in [-0.25, -0.2) is 9.18 Å². The highest BCUT2D eigenvalue weighted by molar-refractivity contribution is 14.1. The number of benzene rings is 1. The molecule has 0 aliphatic rings. The molecule has 0 aliphatic carbocycles. The summed E-state index contributed by atoms with van der Waals surface area (Å²) in [6.07, 6.45) is 0. The summed E-state index contributed by atoms with van der Waals surface area (Å²) in [5.41, 5.74) is 0.437. The predicted octanol–water partition coefficient (Wildman–Crippen LogP) is 2.66. The van der Waals surface area contributed by atoms with Gasteiger partial charge >= 0.3 is 11.9 Å². The zero-order valence-electron chi connectivity index (χ0n) is 9.31. The molecule has 0 N–H and O–H groups in total. The summed E-state index contributed by atoms with van der Waals surface area (Å²) in [6.45, 7) is 1.89. The molecular weight excluding hydrogens is 354 g/mol. The van der Waals surface area contributed by atoms with Crippen molar-refractivity contribution in [1.82, 2.24) is 10.1 Å². The number of rotatable bonds is 3. The first-order valence-corrected chi connectivity index (χ1v) is 6.16. The molecule has 0 unspecified atom stereocenters. The first-order chi connectivity index (χ1) is 8.61. The summed E-state index contributed by atoms with van der Waals surface area (Å²) in [5, 5.41) is 3.60. The molecule has 1 aromatic heterocycles. The number of esters is 1. The average molecular weight is 362 g/mol. The maximum absolute atomic E-state index is 13.4. The van der Waals surface area contributed by atoms with Gasteiger partial charge in [0, 0.05) is 9.13 Å². The molecule has 1 aromatic carbocycles. The van der Waals surface area contributed by atoms with Gasteiger partial charge in [-0.15, -0.1) is 0 Å². The Labute approximate surface area is 115 Å². The third-order valence-electron chi connectivity index (χ3n) is 2.05. The second-order valence-corrected chi connectivity index (χ2v) is 4.43. The lowest BCUT2D eigenvalue weighted by molar-refractivity contribution is 0.0470. The van der Waals surface area contributed by atoms with Crippen molar-refractivity contribution >= 4 is 28.6 Å². The number of carbonyl (C=O) groups is 1. The highest BCUT2D eigenvalue weighted by atomic mass is 127. The first-order valence-electron chi connectivity index (χ1n) is 5.08. The maximum atomic E-state index is 13.4. The van der Waals surface area contributed by atoms with E-state index in [1.54, 1.807) is 19.1 Å². The highest BCUT2D eigenvalue weighted by Gasteiger charge is 2.17. The van der Waals surface area contributed by atoms with Crippen LogP contribution < -0.4 is 0 Å². The van der Waals surface area contributed by atoms with Gasteiger partial charge in [-0.2, -0.15) is 4.98 Å². The Morgan fingerprint density at radius 3 is 3.00 bits per heavy atom. The number of nitrogens with zero attached hydrogens (tertiary/aromatic N) is 2. The number of carbonyl (C=O) groups excluding carboxylic acids is 1. The molecule has 5 nitrogen and oxygen atoms in total. The van der Waals surface area contributed by atoms with Gasteiger partial charge in [-0.1, -0.05) is 5.16 Å². The molecule has 0 spiro atoms. The standard InChI is InChI=1S/C11H8FIN2O3/c1-2-17-11(16)10-14-9(15-18-10)6-3-4-8(13)7(12)5-6/h3-5H,2H2,1H3. The molecule has 2 rings (SSSR count). The van der Waals surface area contributed by atoms with Crippen LogP contribution in [0.15, 0.2) is 22.7 Å². The van der Waals surface area contributed by atoms with E-state index in [2.05, 4.69) is 10.1 Å². The minimum absolute atomic E-state index is 0.147. The van der Waals surface area contributed by atoms with Crippen molar-refractivity contribution in [1.29, 1.82) is 0 Å². The lowest BCUT2D eigenvalue weighted by Gasteiger charge is -1.96. The van der Waals surface area contributed by atoms with Crippen molar-refractivity contribution in [2.24, 2.45) is 0 Å². The van der Waals surface area contributed by atoms with Crippen molar-refractivity contribution in [3.8, 4) is 11.4 Å². The van der Waals surface area contributed by atoms with Gasteiger partial charge in [0.2, 0.25) is 5.82 Å². The fourth-order valence-corrected chi connectivity index (χ4v) is 1.59. The van der Waals surface area contributed by atoms with Crippen LogP contribution in [0.3, 0.4) is 0 Å². The molecule has 0 atom stereocenters. The van der Waals surface area contributed by atoms with Crippen LogP contribution in [-0.2, 0) is 4.74 Å². The fraction of sp³-hybridized carbons (Fsp3) is 0.182. The molecule has 0 amide bonds. The Morgan fingerprint density at radius 1 is 1.56 bits per heavy atom. The van der Waals surface area contributed by atoms with E-state index >= 15 is 0 Å². The molecule has 94 valence electrons. The van der Waals surface area contributed by atoms with Crippen LogP contribution in [0.5, 0.6) is 0 Å². The predicted molar refractivity (Wildman–Crippen MR) is 68.4 cm³/mol. The van der Waals surface area contributed by atoms with Crippen LogP contribution in [0.2, 0.25) is 0 Å². The summed E-state index contributed by atoms with van der Waals surface area (Å²) in [4.78, 5) is 15.2. The maximum Gasteiger partial charge on any atom is 0.397 e. The van der Waals surface area contributed by atoms with Gasteiger partial charge in [-0.3, -0.25) is 0 Å². The van der Waals surface area contributed by atoms with Crippen molar-refractivity contribution in [3.05, 3.63) is 33.5 Å². The monoisotopic (exact) mass is 362 g/mol. The molecule has 7 heteroatoms. The van der Waals surface area contributed by atoms with Gasteiger partial charge in [0.25, 0.3) is 0 Å².